The maximum absolute atomic E-state index is 13.4. The fraction of sp³-hybridized carbons (Fsp3) is 0.308. The van der Waals surface area contributed by atoms with Gasteiger partial charge in [-0.25, -0.2) is 9.37 Å². The van der Waals surface area contributed by atoms with Crippen LogP contribution in [0.1, 0.15) is 24.0 Å². The van der Waals surface area contributed by atoms with Gasteiger partial charge in [-0.2, -0.15) is 0 Å². The summed E-state index contributed by atoms with van der Waals surface area (Å²) < 4.78 is 13.4. The van der Waals surface area contributed by atoms with Gasteiger partial charge in [-0.05, 0) is 18.2 Å². The zero-order valence-corrected chi connectivity index (χ0v) is 9.83. The first-order valence-electron chi connectivity index (χ1n) is 5.76. The second kappa shape index (κ2) is 5.59. The zero-order chi connectivity index (χ0) is 12.1. The number of nitrogens with zero attached hydrogens (tertiary/aromatic N) is 1. The van der Waals surface area contributed by atoms with Crippen molar-refractivity contribution in [1.29, 1.82) is 0 Å². The summed E-state index contributed by atoms with van der Waals surface area (Å²) >= 11 is 0. The maximum Gasteiger partial charge on any atom is 0.126 e. The molecule has 2 rings (SSSR count). The molecule has 0 radical (unpaired) electrons. The maximum atomic E-state index is 13.4. The topological polar surface area (TPSA) is 40.7 Å². The SMILES string of the molecule is CCNCc1cnc(Cc2ccccc2F)[nH]1. The van der Waals surface area contributed by atoms with E-state index in [4.69, 9.17) is 0 Å². The van der Waals surface area contributed by atoms with Crippen LogP contribution in [0, 0.1) is 5.82 Å². The molecule has 2 N–H and O–H groups in total. The lowest BCUT2D eigenvalue weighted by atomic mass is 10.1. The van der Waals surface area contributed by atoms with Crippen molar-refractivity contribution in [2.45, 2.75) is 19.9 Å². The van der Waals surface area contributed by atoms with Crippen molar-refractivity contribution in [2.75, 3.05) is 6.54 Å². The number of H-pyrrole nitrogens is 1. The number of aromatic amines is 1. The van der Waals surface area contributed by atoms with Crippen molar-refractivity contribution in [2.24, 2.45) is 0 Å². The molecular weight excluding hydrogens is 217 g/mol. The largest absolute Gasteiger partial charge is 0.345 e. The summed E-state index contributed by atoms with van der Waals surface area (Å²) in [6.45, 7) is 3.74. The highest BCUT2D eigenvalue weighted by Gasteiger charge is 2.05. The van der Waals surface area contributed by atoms with E-state index < -0.39 is 0 Å². The third-order valence-electron chi connectivity index (χ3n) is 2.56. The molecule has 0 aliphatic carbocycles. The average molecular weight is 233 g/mol. The number of halogens is 1. The molecule has 17 heavy (non-hydrogen) atoms. The molecule has 0 bridgehead atoms. The Balaban J connectivity index is 2.04. The molecule has 4 heteroatoms. The molecule has 0 atom stereocenters. The van der Waals surface area contributed by atoms with Gasteiger partial charge in [0.1, 0.15) is 11.6 Å². The van der Waals surface area contributed by atoms with Crippen molar-refractivity contribution < 1.29 is 4.39 Å². The average Bonchev–Trinajstić information content (AvgIpc) is 2.77. The molecule has 1 aromatic heterocycles. The Morgan fingerprint density at radius 1 is 1.35 bits per heavy atom. The Kier molecular flexibility index (Phi) is 3.88. The first kappa shape index (κ1) is 11.8. The van der Waals surface area contributed by atoms with E-state index in [1.807, 2.05) is 6.07 Å². The lowest BCUT2D eigenvalue weighted by Gasteiger charge is -2.00. The first-order chi connectivity index (χ1) is 8.29. The van der Waals surface area contributed by atoms with Gasteiger partial charge in [0.15, 0.2) is 0 Å². The van der Waals surface area contributed by atoms with E-state index in [1.54, 1.807) is 18.3 Å². The number of nitrogens with one attached hydrogen (secondary N) is 2. The Bertz CT molecular complexity index is 479. The summed E-state index contributed by atoms with van der Waals surface area (Å²) in [6.07, 6.45) is 2.29. The van der Waals surface area contributed by atoms with Gasteiger partial charge >= 0.3 is 0 Å². The second-order valence-electron chi connectivity index (χ2n) is 3.90. The lowest BCUT2D eigenvalue weighted by molar-refractivity contribution is 0.612. The summed E-state index contributed by atoms with van der Waals surface area (Å²) in [5.74, 6) is 0.611. The van der Waals surface area contributed by atoms with Gasteiger partial charge in [-0.3, -0.25) is 0 Å². The minimum absolute atomic E-state index is 0.183. The van der Waals surface area contributed by atoms with Gasteiger partial charge in [0.05, 0.1) is 0 Å². The third kappa shape index (κ3) is 3.14. The van der Waals surface area contributed by atoms with Crippen molar-refractivity contribution in [3.05, 3.63) is 53.4 Å². The van der Waals surface area contributed by atoms with E-state index in [2.05, 4.69) is 22.2 Å². The summed E-state index contributed by atoms with van der Waals surface area (Å²) in [7, 11) is 0. The molecule has 0 saturated carbocycles. The van der Waals surface area contributed by atoms with Crippen LogP contribution in [0.25, 0.3) is 0 Å². The van der Waals surface area contributed by atoms with E-state index in [-0.39, 0.29) is 5.82 Å². The van der Waals surface area contributed by atoms with Gasteiger partial charge in [-0.15, -0.1) is 0 Å². The molecule has 0 fully saturated rings. The number of hydrogen-bond acceptors (Lipinski definition) is 2. The normalized spacial score (nSPS) is 10.7. The van der Waals surface area contributed by atoms with Crippen LogP contribution in [0.2, 0.25) is 0 Å². The molecule has 0 amide bonds. The van der Waals surface area contributed by atoms with Crippen molar-refractivity contribution >= 4 is 0 Å². The fourth-order valence-corrected chi connectivity index (χ4v) is 1.67. The molecule has 0 aliphatic rings. The molecule has 90 valence electrons. The molecule has 0 unspecified atom stereocenters. The Labute approximate surface area is 100 Å². The summed E-state index contributed by atoms with van der Waals surface area (Å²) in [6, 6.07) is 6.78. The number of imidazole rings is 1. The molecule has 0 saturated heterocycles. The number of aromatic nitrogens is 2. The van der Waals surface area contributed by atoms with Crippen molar-refractivity contribution in [3.8, 4) is 0 Å². The number of rotatable bonds is 5. The van der Waals surface area contributed by atoms with E-state index in [0.717, 1.165) is 24.6 Å². The highest BCUT2D eigenvalue weighted by Crippen LogP contribution is 2.10. The monoisotopic (exact) mass is 233 g/mol. The minimum Gasteiger partial charge on any atom is -0.345 e. The zero-order valence-electron chi connectivity index (χ0n) is 9.83. The van der Waals surface area contributed by atoms with Crippen LogP contribution in [-0.4, -0.2) is 16.5 Å². The van der Waals surface area contributed by atoms with Crippen LogP contribution < -0.4 is 5.32 Å². The van der Waals surface area contributed by atoms with Gasteiger partial charge in [0.25, 0.3) is 0 Å². The number of hydrogen-bond donors (Lipinski definition) is 2. The predicted octanol–water partition coefficient (Wildman–Crippen LogP) is 2.25. The van der Waals surface area contributed by atoms with Crippen molar-refractivity contribution in [1.82, 2.24) is 15.3 Å². The van der Waals surface area contributed by atoms with Gasteiger partial charge in [0, 0.05) is 24.9 Å². The summed E-state index contributed by atoms with van der Waals surface area (Å²) in [5, 5.41) is 3.21. The quantitative estimate of drug-likeness (QED) is 0.831. The smallest absolute Gasteiger partial charge is 0.126 e. The standard InChI is InChI=1S/C13H16FN3/c1-2-15-8-11-9-16-13(17-11)7-10-5-3-4-6-12(10)14/h3-6,9,15H,2,7-8H2,1H3,(H,16,17). The molecule has 0 aliphatic heterocycles. The minimum atomic E-state index is -0.183. The van der Waals surface area contributed by atoms with E-state index in [1.165, 1.54) is 6.07 Å². The van der Waals surface area contributed by atoms with Gasteiger partial charge < -0.3 is 10.3 Å². The van der Waals surface area contributed by atoms with Crippen LogP contribution >= 0.6 is 0 Å². The molecular formula is C13H16FN3. The molecule has 2 aromatic rings. The van der Waals surface area contributed by atoms with Crippen molar-refractivity contribution in [3.63, 3.8) is 0 Å². The first-order valence-corrected chi connectivity index (χ1v) is 5.76. The van der Waals surface area contributed by atoms with Gasteiger partial charge in [-0.1, -0.05) is 25.1 Å². The number of benzene rings is 1. The summed E-state index contributed by atoms with van der Waals surface area (Å²) in [5.41, 5.74) is 1.69. The highest BCUT2D eigenvalue weighted by atomic mass is 19.1. The van der Waals surface area contributed by atoms with Crippen LogP contribution in [0.3, 0.4) is 0 Å². The van der Waals surface area contributed by atoms with Crippen LogP contribution in [-0.2, 0) is 13.0 Å². The van der Waals surface area contributed by atoms with E-state index in [9.17, 15) is 4.39 Å². The van der Waals surface area contributed by atoms with Crippen LogP contribution in [0.4, 0.5) is 4.39 Å². The molecule has 1 heterocycles. The van der Waals surface area contributed by atoms with E-state index >= 15 is 0 Å². The molecule has 0 spiro atoms. The predicted molar refractivity (Wildman–Crippen MR) is 65.2 cm³/mol. The molecule has 1 aromatic carbocycles. The highest BCUT2D eigenvalue weighted by molar-refractivity contribution is 5.21. The second-order valence-corrected chi connectivity index (χ2v) is 3.90. The van der Waals surface area contributed by atoms with Crippen LogP contribution in [0.5, 0.6) is 0 Å². The van der Waals surface area contributed by atoms with Gasteiger partial charge in [0.2, 0.25) is 0 Å². The Morgan fingerprint density at radius 3 is 2.94 bits per heavy atom. The summed E-state index contributed by atoms with van der Waals surface area (Å²) in [4.78, 5) is 7.43. The Hall–Kier alpha value is -1.68. The fourth-order valence-electron chi connectivity index (χ4n) is 1.67. The third-order valence-corrected chi connectivity index (χ3v) is 2.56. The lowest BCUT2D eigenvalue weighted by Crippen LogP contribution is -2.11. The molecule has 3 nitrogen and oxygen atoms in total. The Morgan fingerprint density at radius 2 is 2.18 bits per heavy atom. The van der Waals surface area contributed by atoms with E-state index in [0.29, 0.717) is 12.0 Å². The van der Waals surface area contributed by atoms with Crippen LogP contribution in [0.15, 0.2) is 30.5 Å².